The summed E-state index contributed by atoms with van der Waals surface area (Å²) in [6.07, 6.45) is 6.26. The van der Waals surface area contributed by atoms with Crippen molar-refractivity contribution in [2.75, 3.05) is 14.2 Å². The maximum Gasteiger partial charge on any atom is 0.350 e. The molecule has 0 fully saturated rings. The highest BCUT2D eigenvalue weighted by atomic mass is 16.5. The van der Waals surface area contributed by atoms with Gasteiger partial charge in [-0.1, -0.05) is 13.3 Å². The highest BCUT2D eigenvalue weighted by molar-refractivity contribution is 5.68. The van der Waals surface area contributed by atoms with Gasteiger partial charge < -0.3 is 9.47 Å². The molecular weight excluding hydrogens is 294 g/mol. The Balaban J connectivity index is 2.03. The Kier molecular flexibility index (Phi) is 4.23. The summed E-state index contributed by atoms with van der Waals surface area (Å²) in [6.45, 7) is 2.75. The summed E-state index contributed by atoms with van der Waals surface area (Å²) in [4.78, 5) is 12.4. The average Bonchev–Trinajstić information content (AvgIpc) is 2.75. The number of methoxy groups -OCH3 is 2. The smallest absolute Gasteiger partial charge is 0.350 e. The van der Waals surface area contributed by atoms with Crippen LogP contribution in [0.15, 0.2) is 16.9 Å². The fourth-order valence-electron chi connectivity index (χ4n) is 2.76. The average molecular weight is 315 g/mol. The molecule has 23 heavy (non-hydrogen) atoms. The molecule has 6 heteroatoms. The Hall–Kier alpha value is -2.50. The van der Waals surface area contributed by atoms with Crippen molar-refractivity contribution in [2.45, 2.75) is 32.7 Å². The van der Waals surface area contributed by atoms with Gasteiger partial charge in [-0.25, -0.2) is 9.48 Å². The molecule has 0 saturated carbocycles. The third-order valence-corrected chi connectivity index (χ3v) is 4.06. The van der Waals surface area contributed by atoms with Crippen LogP contribution in [0.3, 0.4) is 0 Å². The minimum Gasteiger partial charge on any atom is -0.493 e. The number of hydrogen-bond donors (Lipinski definition) is 0. The summed E-state index contributed by atoms with van der Waals surface area (Å²) in [7, 11) is 3.23. The lowest BCUT2D eigenvalue weighted by atomic mass is 10.0. The second-order valence-corrected chi connectivity index (χ2v) is 5.54. The molecule has 0 amide bonds. The number of benzene rings is 1. The van der Waals surface area contributed by atoms with Gasteiger partial charge in [-0.05, 0) is 35.8 Å². The van der Waals surface area contributed by atoms with Crippen LogP contribution in [-0.2, 0) is 13.0 Å². The van der Waals surface area contributed by atoms with E-state index in [1.54, 1.807) is 29.7 Å². The zero-order valence-electron chi connectivity index (χ0n) is 13.7. The molecule has 0 aliphatic carbocycles. The molecule has 1 aromatic carbocycles. The van der Waals surface area contributed by atoms with Crippen molar-refractivity contribution in [1.29, 1.82) is 0 Å². The summed E-state index contributed by atoms with van der Waals surface area (Å²) >= 11 is 0. The highest BCUT2D eigenvalue weighted by Gasteiger charge is 2.18. The summed E-state index contributed by atoms with van der Waals surface area (Å²) in [5.74, 6) is 2.10. The molecule has 1 aromatic heterocycles. The Morgan fingerprint density at radius 2 is 1.96 bits per heavy atom. The number of rotatable bonds is 5. The SMILES string of the molecule is CCCCn1nc2n(c1=O)C=Cc1cc(OC)c(OC)cc1C2. The molecule has 0 saturated heterocycles. The lowest BCUT2D eigenvalue weighted by Crippen LogP contribution is -2.22. The molecule has 0 spiro atoms. The van der Waals surface area contributed by atoms with Crippen LogP contribution in [0.5, 0.6) is 11.5 Å². The molecule has 0 bridgehead atoms. The predicted octanol–water partition coefficient (Wildman–Crippen LogP) is 2.39. The van der Waals surface area contributed by atoms with Crippen LogP contribution in [-0.4, -0.2) is 28.6 Å². The first kappa shape index (κ1) is 15.4. The van der Waals surface area contributed by atoms with E-state index in [-0.39, 0.29) is 5.69 Å². The summed E-state index contributed by atoms with van der Waals surface area (Å²) in [5.41, 5.74) is 1.98. The zero-order chi connectivity index (χ0) is 16.4. The quantitative estimate of drug-likeness (QED) is 0.725. The van der Waals surface area contributed by atoms with Gasteiger partial charge in [0, 0.05) is 19.2 Å². The first-order valence-electron chi connectivity index (χ1n) is 7.79. The number of hydrogen-bond acceptors (Lipinski definition) is 4. The third kappa shape index (κ3) is 2.76. The minimum atomic E-state index is -0.0866. The van der Waals surface area contributed by atoms with Crippen molar-refractivity contribution in [3.63, 3.8) is 0 Å². The van der Waals surface area contributed by atoms with E-state index in [1.807, 2.05) is 18.2 Å². The number of aryl methyl sites for hydroxylation is 1. The maximum atomic E-state index is 12.4. The van der Waals surface area contributed by atoms with Crippen LogP contribution in [0.4, 0.5) is 0 Å². The van der Waals surface area contributed by atoms with Crippen LogP contribution in [0, 0.1) is 0 Å². The van der Waals surface area contributed by atoms with Crippen LogP contribution in [0.1, 0.15) is 36.7 Å². The number of aromatic nitrogens is 3. The maximum absolute atomic E-state index is 12.4. The lowest BCUT2D eigenvalue weighted by molar-refractivity contribution is 0.354. The van der Waals surface area contributed by atoms with Crippen LogP contribution in [0.25, 0.3) is 12.3 Å². The Morgan fingerprint density at radius 1 is 1.22 bits per heavy atom. The van der Waals surface area contributed by atoms with E-state index < -0.39 is 0 Å². The molecule has 1 aliphatic rings. The fraction of sp³-hybridized carbons (Fsp3) is 0.412. The van der Waals surface area contributed by atoms with Crippen LogP contribution >= 0.6 is 0 Å². The van der Waals surface area contributed by atoms with Gasteiger partial charge in [0.1, 0.15) is 5.82 Å². The first-order chi connectivity index (χ1) is 11.2. The minimum absolute atomic E-state index is 0.0866. The molecule has 6 nitrogen and oxygen atoms in total. The zero-order valence-corrected chi connectivity index (χ0v) is 13.7. The van der Waals surface area contributed by atoms with Crippen molar-refractivity contribution in [3.05, 3.63) is 39.6 Å². The van der Waals surface area contributed by atoms with Gasteiger partial charge in [0.05, 0.1) is 14.2 Å². The van der Waals surface area contributed by atoms with Crippen molar-refractivity contribution < 1.29 is 9.47 Å². The Bertz CT molecular complexity index is 802. The van der Waals surface area contributed by atoms with E-state index in [2.05, 4.69) is 12.0 Å². The van der Waals surface area contributed by atoms with Gasteiger partial charge in [-0.15, -0.1) is 0 Å². The van der Waals surface area contributed by atoms with E-state index in [0.29, 0.717) is 24.5 Å². The predicted molar refractivity (Wildman–Crippen MR) is 89.0 cm³/mol. The van der Waals surface area contributed by atoms with E-state index >= 15 is 0 Å². The van der Waals surface area contributed by atoms with Crippen molar-refractivity contribution in [2.24, 2.45) is 0 Å². The van der Waals surface area contributed by atoms with Gasteiger partial charge >= 0.3 is 5.69 Å². The molecule has 0 atom stereocenters. The molecule has 0 N–H and O–H groups in total. The molecular formula is C17H21N3O3. The number of unbranched alkanes of at least 4 members (excludes halogenated alkanes) is 1. The van der Waals surface area contributed by atoms with Crippen molar-refractivity contribution in [3.8, 4) is 11.5 Å². The van der Waals surface area contributed by atoms with E-state index in [4.69, 9.17) is 9.47 Å². The molecule has 3 rings (SSSR count). The third-order valence-electron chi connectivity index (χ3n) is 4.06. The first-order valence-corrected chi connectivity index (χ1v) is 7.79. The van der Waals surface area contributed by atoms with Crippen LogP contribution < -0.4 is 15.2 Å². The van der Waals surface area contributed by atoms with E-state index in [0.717, 1.165) is 29.8 Å². The van der Waals surface area contributed by atoms with Gasteiger partial charge in [-0.2, -0.15) is 5.10 Å². The Labute approximate surface area is 135 Å². The van der Waals surface area contributed by atoms with Crippen LogP contribution in [0.2, 0.25) is 0 Å². The largest absolute Gasteiger partial charge is 0.493 e. The second kappa shape index (κ2) is 6.32. The van der Waals surface area contributed by atoms with Crippen molar-refractivity contribution in [1.82, 2.24) is 14.3 Å². The van der Waals surface area contributed by atoms with Gasteiger partial charge in [-0.3, -0.25) is 4.57 Å². The Morgan fingerprint density at radius 3 is 2.65 bits per heavy atom. The van der Waals surface area contributed by atoms with Crippen molar-refractivity contribution >= 4 is 12.3 Å². The standard InChI is InChI=1S/C17H21N3O3/c1-4-5-7-20-17(21)19-8-6-12-9-14(22-2)15(23-3)10-13(12)11-16(19)18-20/h6,8-10H,4-5,7,11H2,1-3H3. The van der Waals surface area contributed by atoms with E-state index in [1.165, 1.54) is 0 Å². The number of ether oxygens (including phenoxy) is 2. The highest BCUT2D eigenvalue weighted by Crippen LogP contribution is 2.33. The van der Waals surface area contributed by atoms with Gasteiger partial charge in [0.2, 0.25) is 0 Å². The molecule has 2 heterocycles. The summed E-state index contributed by atoms with van der Waals surface area (Å²) in [5, 5.41) is 4.49. The van der Waals surface area contributed by atoms with Gasteiger partial charge in [0.25, 0.3) is 0 Å². The summed E-state index contributed by atoms with van der Waals surface area (Å²) in [6, 6.07) is 3.87. The molecule has 0 radical (unpaired) electrons. The normalized spacial score (nSPS) is 12.5. The number of fused-ring (bicyclic) bond motifs is 2. The topological polar surface area (TPSA) is 58.3 Å². The molecule has 0 unspecified atom stereocenters. The fourth-order valence-corrected chi connectivity index (χ4v) is 2.76. The molecule has 1 aliphatic heterocycles. The molecule has 2 aromatic rings. The van der Waals surface area contributed by atoms with Gasteiger partial charge in [0.15, 0.2) is 11.5 Å². The molecule has 122 valence electrons. The lowest BCUT2D eigenvalue weighted by Gasteiger charge is -2.11. The number of nitrogens with zero attached hydrogens (tertiary/aromatic N) is 3. The monoisotopic (exact) mass is 315 g/mol. The second-order valence-electron chi connectivity index (χ2n) is 5.54. The van der Waals surface area contributed by atoms with E-state index in [9.17, 15) is 4.79 Å². The summed E-state index contributed by atoms with van der Waals surface area (Å²) < 4.78 is 13.9.